The SMILES string of the molecule is CC(=O)O.Cc1cc2cc-2c1C. The van der Waals surface area contributed by atoms with Gasteiger partial charge in [-0.2, -0.15) is 0 Å². The molecule has 1 N–H and O–H groups in total. The molecular formula is C10H12O2. The molecule has 0 aromatic heterocycles. The lowest BCUT2D eigenvalue weighted by atomic mass is 10.2. The molecule has 0 heterocycles. The Morgan fingerprint density at radius 2 is 1.83 bits per heavy atom. The maximum atomic E-state index is 9.00. The summed E-state index contributed by atoms with van der Waals surface area (Å²) in [4.78, 5) is 9.00. The number of carboxylic acid groups (broad SMARTS) is 1. The van der Waals surface area contributed by atoms with Gasteiger partial charge in [-0.05, 0) is 42.2 Å². The van der Waals surface area contributed by atoms with Gasteiger partial charge in [-0.1, -0.05) is 6.07 Å². The van der Waals surface area contributed by atoms with Gasteiger partial charge in [0.05, 0.1) is 0 Å². The standard InChI is InChI=1S/C8H8.C2H4O2/c1-5-3-7-4-8(7)6(5)2;1-2(3)4/h3-4H,1-2H3;1H3,(H,3,4). The second-order valence-electron chi connectivity index (χ2n) is 2.98. The molecular weight excluding hydrogens is 152 g/mol. The van der Waals surface area contributed by atoms with E-state index in [1.54, 1.807) is 0 Å². The highest BCUT2D eigenvalue weighted by molar-refractivity contribution is 5.86. The summed E-state index contributed by atoms with van der Waals surface area (Å²) in [5, 5.41) is 7.42. The van der Waals surface area contributed by atoms with E-state index in [4.69, 9.17) is 9.90 Å². The van der Waals surface area contributed by atoms with Crippen LogP contribution in [-0.4, -0.2) is 11.1 Å². The summed E-state index contributed by atoms with van der Waals surface area (Å²) in [7, 11) is 0. The van der Waals surface area contributed by atoms with Crippen LogP contribution in [0.4, 0.5) is 0 Å². The Morgan fingerprint density at radius 3 is 2.00 bits per heavy atom. The minimum atomic E-state index is -0.833. The molecule has 0 saturated carbocycles. The van der Waals surface area contributed by atoms with Gasteiger partial charge in [-0.3, -0.25) is 4.79 Å². The first-order valence-corrected chi connectivity index (χ1v) is 3.83. The van der Waals surface area contributed by atoms with Crippen molar-refractivity contribution in [2.45, 2.75) is 20.8 Å². The van der Waals surface area contributed by atoms with Crippen LogP contribution in [0.2, 0.25) is 0 Å². The van der Waals surface area contributed by atoms with Crippen molar-refractivity contribution in [2.75, 3.05) is 0 Å². The summed E-state index contributed by atoms with van der Waals surface area (Å²) in [6.45, 7) is 5.42. The Hall–Kier alpha value is -1.31. The molecule has 0 unspecified atom stereocenters. The molecule has 0 aliphatic heterocycles. The van der Waals surface area contributed by atoms with Gasteiger partial charge in [0.25, 0.3) is 5.97 Å². The maximum absolute atomic E-state index is 9.00. The van der Waals surface area contributed by atoms with E-state index in [0.29, 0.717) is 0 Å². The quantitative estimate of drug-likeness (QED) is 0.649. The summed E-state index contributed by atoms with van der Waals surface area (Å²) >= 11 is 0. The molecule has 0 aromatic rings. The first kappa shape index (κ1) is 8.78. The van der Waals surface area contributed by atoms with Crippen LogP contribution in [0.3, 0.4) is 0 Å². The predicted molar refractivity (Wildman–Crippen MR) is 48.2 cm³/mol. The van der Waals surface area contributed by atoms with E-state index in [9.17, 15) is 0 Å². The number of rotatable bonds is 0. The molecule has 2 rings (SSSR count). The van der Waals surface area contributed by atoms with E-state index in [1.807, 2.05) is 0 Å². The first-order valence-electron chi connectivity index (χ1n) is 3.83. The summed E-state index contributed by atoms with van der Waals surface area (Å²) in [6.07, 6.45) is 0. The smallest absolute Gasteiger partial charge is 0.300 e. The van der Waals surface area contributed by atoms with Crippen molar-refractivity contribution in [3.63, 3.8) is 0 Å². The molecule has 0 fully saturated rings. The molecule has 12 heavy (non-hydrogen) atoms. The average molecular weight is 164 g/mol. The van der Waals surface area contributed by atoms with Crippen LogP contribution in [0.15, 0.2) is 12.1 Å². The molecule has 2 aliphatic carbocycles. The highest BCUT2D eigenvalue weighted by Gasteiger charge is 2.16. The number of hydrogen-bond donors (Lipinski definition) is 1. The molecule has 0 amide bonds. The van der Waals surface area contributed by atoms with Gasteiger partial charge in [0, 0.05) is 6.92 Å². The fraction of sp³-hybridized carbons (Fsp3) is 0.300. The van der Waals surface area contributed by atoms with Crippen molar-refractivity contribution >= 4 is 5.97 Å². The maximum Gasteiger partial charge on any atom is 0.300 e. The zero-order valence-electron chi connectivity index (χ0n) is 7.51. The number of hydrogen-bond acceptors (Lipinski definition) is 1. The van der Waals surface area contributed by atoms with Crippen molar-refractivity contribution in [2.24, 2.45) is 0 Å². The molecule has 0 saturated heterocycles. The Bertz CT molecular complexity index is 323. The summed E-state index contributed by atoms with van der Waals surface area (Å²) in [5.41, 5.74) is 5.86. The van der Waals surface area contributed by atoms with Crippen LogP contribution < -0.4 is 0 Å². The van der Waals surface area contributed by atoms with Gasteiger partial charge >= 0.3 is 0 Å². The topological polar surface area (TPSA) is 37.3 Å². The van der Waals surface area contributed by atoms with E-state index < -0.39 is 5.97 Å². The summed E-state index contributed by atoms with van der Waals surface area (Å²) < 4.78 is 0. The summed E-state index contributed by atoms with van der Waals surface area (Å²) in [5.74, 6) is -0.833. The monoisotopic (exact) mass is 164 g/mol. The number of aliphatic carboxylic acids is 1. The number of aryl methyl sites for hydroxylation is 1. The zero-order chi connectivity index (χ0) is 9.30. The highest BCUT2D eigenvalue weighted by atomic mass is 16.4. The number of fused-ring (bicyclic) bond motifs is 1. The molecule has 64 valence electrons. The Kier molecular flexibility index (Phi) is 2.18. The third-order valence-electron chi connectivity index (χ3n) is 1.90. The molecule has 0 aromatic carbocycles. The largest absolute Gasteiger partial charge is 0.481 e. The van der Waals surface area contributed by atoms with Crippen LogP contribution >= 0.6 is 0 Å². The lowest BCUT2D eigenvalue weighted by Crippen LogP contribution is -1.78. The van der Waals surface area contributed by atoms with Crippen molar-refractivity contribution < 1.29 is 9.90 Å². The molecule has 0 atom stereocenters. The number of carboxylic acids is 1. The van der Waals surface area contributed by atoms with Gasteiger partial charge in [-0.15, -0.1) is 0 Å². The van der Waals surface area contributed by atoms with Crippen molar-refractivity contribution in [3.05, 3.63) is 23.3 Å². The van der Waals surface area contributed by atoms with Crippen LogP contribution in [0.1, 0.15) is 18.1 Å². The third kappa shape index (κ3) is 1.84. The fourth-order valence-corrected chi connectivity index (χ4v) is 1.12. The lowest BCUT2D eigenvalue weighted by molar-refractivity contribution is -0.134. The first-order chi connectivity index (χ1) is 5.52. The van der Waals surface area contributed by atoms with Gasteiger partial charge in [0.15, 0.2) is 0 Å². The van der Waals surface area contributed by atoms with E-state index in [0.717, 1.165) is 6.92 Å². The van der Waals surface area contributed by atoms with E-state index in [-0.39, 0.29) is 0 Å². The lowest BCUT2D eigenvalue weighted by Gasteiger charge is -1.83. The van der Waals surface area contributed by atoms with E-state index in [1.165, 1.54) is 22.3 Å². The Balaban J connectivity index is 0.000000157. The van der Waals surface area contributed by atoms with Gasteiger partial charge in [0.2, 0.25) is 0 Å². The van der Waals surface area contributed by atoms with Gasteiger partial charge in [-0.25, -0.2) is 0 Å². The van der Waals surface area contributed by atoms with E-state index in [2.05, 4.69) is 26.0 Å². The van der Waals surface area contributed by atoms with Crippen LogP contribution in [0.5, 0.6) is 0 Å². The van der Waals surface area contributed by atoms with Crippen molar-refractivity contribution in [1.29, 1.82) is 0 Å². The molecule has 2 aliphatic rings. The molecule has 2 heteroatoms. The Morgan fingerprint density at radius 1 is 1.33 bits per heavy atom. The molecule has 0 radical (unpaired) electrons. The van der Waals surface area contributed by atoms with Crippen LogP contribution in [0.25, 0.3) is 11.1 Å². The normalized spacial score (nSPS) is 9.92. The number of benzene rings is 1. The predicted octanol–water partition coefficient (Wildman–Crippen LogP) is 2.37. The highest BCUT2D eigenvalue weighted by Crippen LogP contribution is 2.40. The van der Waals surface area contributed by atoms with Crippen molar-refractivity contribution in [1.82, 2.24) is 0 Å². The van der Waals surface area contributed by atoms with Crippen LogP contribution in [0, 0.1) is 13.8 Å². The van der Waals surface area contributed by atoms with Crippen molar-refractivity contribution in [3.8, 4) is 11.1 Å². The molecule has 0 bridgehead atoms. The number of carbonyl (C=O) groups is 1. The Labute approximate surface area is 71.8 Å². The fourth-order valence-electron chi connectivity index (χ4n) is 1.12. The van der Waals surface area contributed by atoms with Crippen LogP contribution in [-0.2, 0) is 4.79 Å². The second kappa shape index (κ2) is 2.97. The van der Waals surface area contributed by atoms with Gasteiger partial charge < -0.3 is 5.11 Å². The zero-order valence-corrected chi connectivity index (χ0v) is 7.51. The van der Waals surface area contributed by atoms with Gasteiger partial charge in [0.1, 0.15) is 0 Å². The average Bonchev–Trinajstić information content (AvgIpc) is 2.59. The second-order valence-corrected chi connectivity index (χ2v) is 2.98. The molecule has 2 nitrogen and oxygen atoms in total. The summed E-state index contributed by atoms with van der Waals surface area (Å²) in [6, 6.07) is 4.47. The third-order valence-corrected chi connectivity index (χ3v) is 1.90. The minimum Gasteiger partial charge on any atom is -0.481 e. The molecule has 0 spiro atoms. The minimum absolute atomic E-state index is 0.833. The van der Waals surface area contributed by atoms with E-state index >= 15 is 0 Å².